The highest BCUT2D eigenvalue weighted by molar-refractivity contribution is 7.99. The van der Waals surface area contributed by atoms with Gasteiger partial charge < -0.3 is 10.6 Å². The molecule has 72 valence electrons. The van der Waals surface area contributed by atoms with Crippen LogP contribution in [-0.4, -0.2) is 36.7 Å². The maximum atomic E-state index is 3.59. The zero-order valence-corrected chi connectivity index (χ0v) is 9.13. The quantitative estimate of drug-likeness (QED) is 0.690. The van der Waals surface area contributed by atoms with E-state index in [0.717, 1.165) is 13.1 Å². The van der Waals surface area contributed by atoms with Crippen molar-refractivity contribution in [1.82, 2.24) is 10.6 Å². The molecular weight excluding hydrogens is 168 g/mol. The molecule has 0 aromatic carbocycles. The highest BCUT2D eigenvalue weighted by Crippen LogP contribution is 2.19. The van der Waals surface area contributed by atoms with Crippen LogP contribution < -0.4 is 10.6 Å². The molecule has 1 atom stereocenters. The van der Waals surface area contributed by atoms with Gasteiger partial charge in [0.15, 0.2) is 0 Å². The molecule has 1 unspecified atom stereocenters. The largest absolute Gasteiger partial charge is 0.315 e. The topological polar surface area (TPSA) is 24.1 Å². The zero-order chi connectivity index (χ0) is 9.03. The minimum atomic E-state index is 0.378. The first-order valence-electron chi connectivity index (χ1n) is 4.63. The van der Waals surface area contributed by atoms with Gasteiger partial charge in [0, 0.05) is 23.9 Å². The monoisotopic (exact) mass is 188 g/mol. The van der Waals surface area contributed by atoms with E-state index in [4.69, 9.17) is 0 Å². The Morgan fingerprint density at radius 3 is 2.83 bits per heavy atom. The predicted molar refractivity (Wildman–Crippen MR) is 56.9 cm³/mol. The van der Waals surface area contributed by atoms with E-state index in [2.05, 4.69) is 30.7 Å². The van der Waals surface area contributed by atoms with Crippen LogP contribution in [0.25, 0.3) is 0 Å². The van der Waals surface area contributed by atoms with Crippen molar-refractivity contribution in [1.29, 1.82) is 0 Å². The normalized spacial score (nSPS) is 24.8. The first-order chi connectivity index (χ1) is 5.64. The number of hydrogen-bond acceptors (Lipinski definition) is 3. The van der Waals surface area contributed by atoms with E-state index in [-0.39, 0.29) is 0 Å². The highest BCUT2D eigenvalue weighted by atomic mass is 32.2. The second kappa shape index (κ2) is 4.49. The first-order valence-corrected chi connectivity index (χ1v) is 5.86. The van der Waals surface area contributed by atoms with E-state index >= 15 is 0 Å². The van der Waals surface area contributed by atoms with Gasteiger partial charge in [0.1, 0.15) is 0 Å². The standard InChI is InChI=1S/C9H20N2S/c1-9(2,12-3)7-11-8-4-5-10-6-8/h8,10-11H,4-7H2,1-3H3. The maximum absolute atomic E-state index is 3.59. The SMILES string of the molecule is CSC(C)(C)CNC1CCNC1. The van der Waals surface area contributed by atoms with E-state index in [0.29, 0.717) is 10.8 Å². The fraction of sp³-hybridized carbons (Fsp3) is 1.00. The Bertz CT molecular complexity index is 130. The number of thioether (sulfide) groups is 1. The van der Waals surface area contributed by atoms with Crippen molar-refractivity contribution >= 4 is 11.8 Å². The smallest absolute Gasteiger partial charge is 0.0225 e. The van der Waals surface area contributed by atoms with Crippen LogP contribution >= 0.6 is 11.8 Å². The van der Waals surface area contributed by atoms with Crippen molar-refractivity contribution in [2.45, 2.75) is 31.1 Å². The van der Waals surface area contributed by atoms with Crippen molar-refractivity contribution in [2.75, 3.05) is 25.9 Å². The molecule has 12 heavy (non-hydrogen) atoms. The molecule has 0 bridgehead atoms. The van der Waals surface area contributed by atoms with Crippen LogP contribution in [0.3, 0.4) is 0 Å². The Morgan fingerprint density at radius 2 is 2.33 bits per heavy atom. The molecule has 0 amide bonds. The summed E-state index contributed by atoms with van der Waals surface area (Å²) in [7, 11) is 0. The van der Waals surface area contributed by atoms with E-state index in [9.17, 15) is 0 Å². The molecule has 2 N–H and O–H groups in total. The van der Waals surface area contributed by atoms with Gasteiger partial charge in [-0.05, 0) is 33.1 Å². The summed E-state index contributed by atoms with van der Waals surface area (Å²) in [6.45, 7) is 8.00. The Balaban J connectivity index is 2.15. The summed E-state index contributed by atoms with van der Waals surface area (Å²) in [5.41, 5.74) is 0. The van der Waals surface area contributed by atoms with Crippen LogP contribution in [0.4, 0.5) is 0 Å². The van der Waals surface area contributed by atoms with E-state index in [1.165, 1.54) is 13.0 Å². The van der Waals surface area contributed by atoms with Gasteiger partial charge in [-0.2, -0.15) is 11.8 Å². The summed E-state index contributed by atoms with van der Waals surface area (Å²) >= 11 is 1.93. The van der Waals surface area contributed by atoms with E-state index < -0.39 is 0 Å². The third-order valence-electron chi connectivity index (χ3n) is 2.43. The van der Waals surface area contributed by atoms with Gasteiger partial charge >= 0.3 is 0 Å². The van der Waals surface area contributed by atoms with Gasteiger partial charge in [0.25, 0.3) is 0 Å². The summed E-state index contributed by atoms with van der Waals surface area (Å²) in [4.78, 5) is 0. The second-order valence-electron chi connectivity index (χ2n) is 4.03. The van der Waals surface area contributed by atoms with Crippen LogP contribution in [0.2, 0.25) is 0 Å². The lowest BCUT2D eigenvalue weighted by Gasteiger charge is -2.24. The Labute approximate surface area is 79.9 Å². The molecule has 0 saturated carbocycles. The summed E-state index contributed by atoms with van der Waals surface area (Å²) in [5.74, 6) is 0. The third-order valence-corrected chi connectivity index (χ3v) is 3.68. The lowest BCUT2D eigenvalue weighted by molar-refractivity contribution is 0.506. The van der Waals surface area contributed by atoms with Crippen LogP contribution in [0.1, 0.15) is 20.3 Å². The fourth-order valence-corrected chi connectivity index (χ4v) is 1.52. The average molecular weight is 188 g/mol. The van der Waals surface area contributed by atoms with Gasteiger partial charge in [-0.3, -0.25) is 0 Å². The number of rotatable bonds is 4. The molecule has 0 aromatic heterocycles. The fourth-order valence-electron chi connectivity index (χ4n) is 1.29. The molecule has 0 spiro atoms. The Morgan fingerprint density at radius 1 is 1.58 bits per heavy atom. The molecule has 1 aliphatic heterocycles. The van der Waals surface area contributed by atoms with Crippen molar-refractivity contribution < 1.29 is 0 Å². The highest BCUT2D eigenvalue weighted by Gasteiger charge is 2.19. The minimum absolute atomic E-state index is 0.378. The molecule has 1 heterocycles. The molecule has 0 aliphatic carbocycles. The molecule has 0 radical (unpaired) electrons. The minimum Gasteiger partial charge on any atom is -0.315 e. The third kappa shape index (κ3) is 3.33. The van der Waals surface area contributed by atoms with Gasteiger partial charge in [-0.25, -0.2) is 0 Å². The van der Waals surface area contributed by atoms with Crippen molar-refractivity contribution in [2.24, 2.45) is 0 Å². The van der Waals surface area contributed by atoms with Gasteiger partial charge in [-0.15, -0.1) is 0 Å². The molecule has 0 aromatic rings. The number of hydrogen-bond donors (Lipinski definition) is 2. The van der Waals surface area contributed by atoms with Gasteiger partial charge in [-0.1, -0.05) is 0 Å². The molecule has 1 fully saturated rings. The predicted octanol–water partition coefficient (Wildman–Crippen LogP) is 1.08. The Hall–Kier alpha value is 0.270. The molecule has 1 saturated heterocycles. The first kappa shape index (κ1) is 10.4. The maximum Gasteiger partial charge on any atom is 0.0225 e. The van der Waals surface area contributed by atoms with Crippen LogP contribution in [-0.2, 0) is 0 Å². The summed E-state index contributed by atoms with van der Waals surface area (Å²) in [6.07, 6.45) is 3.46. The van der Waals surface area contributed by atoms with Crippen LogP contribution in [0.5, 0.6) is 0 Å². The molecule has 1 aliphatic rings. The van der Waals surface area contributed by atoms with Gasteiger partial charge in [0.2, 0.25) is 0 Å². The second-order valence-corrected chi connectivity index (χ2v) is 5.55. The molecular formula is C9H20N2S. The lowest BCUT2D eigenvalue weighted by Crippen LogP contribution is -2.39. The Kier molecular flexibility index (Phi) is 3.87. The molecule has 3 heteroatoms. The zero-order valence-electron chi connectivity index (χ0n) is 8.31. The van der Waals surface area contributed by atoms with Crippen molar-refractivity contribution in [3.8, 4) is 0 Å². The average Bonchev–Trinajstić information content (AvgIpc) is 2.53. The van der Waals surface area contributed by atoms with E-state index in [1.54, 1.807) is 0 Å². The van der Waals surface area contributed by atoms with Crippen molar-refractivity contribution in [3.05, 3.63) is 0 Å². The summed E-state index contributed by atoms with van der Waals surface area (Å²) < 4.78 is 0.378. The number of nitrogens with one attached hydrogen (secondary N) is 2. The molecule has 2 nitrogen and oxygen atoms in total. The summed E-state index contributed by atoms with van der Waals surface area (Å²) in [5, 5.41) is 6.95. The van der Waals surface area contributed by atoms with Crippen LogP contribution in [0.15, 0.2) is 0 Å². The summed E-state index contributed by atoms with van der Waals surface area (Å²) in [6, 6.07) is 0.705. The molecule has 1 rings (SSSR count). The van der Waals surface area contributed by atoms with Gasteiger partial charge in [0.05, 0.1) is 0 Å². The van der Waals surface area contributed by atoms with Crippen molar-refractivity contribution in [3.63, 3.8) is 0 Å². The lowest BCUT2D eigenvalue weighted by atomic mass is 10.2. The van der Waals surface area contributed by atoms with Crippen LogP contribution in [0, 0.1) is 0 Å². The van der Waals surface area contributed by atoms with E-state index in [1.807, 2.05) is 11.8 Å².